The molecule has 21 aromatic carbocycles. The Morgan fingerprint density at radius 3 is 0.706 bits per heavy atom. The Labute approximate surface area is 783 Å². The molecule has 632 valence electrons. The lowest BCUT2D eigenvalue weighted by Gasteiger charge is -2.48. The molecule has 10 heterocycles. The fourth-order valence-corrected chi connectivity index (χ4v) is 25.8. The quantitative estimate of drug-likeness (QED) is 0.172. The zero-order valence-electron chi connectivity index (χ0n) is 73.8. The third-order valence-corrected chi connectivity index (χ3v) is 30.9. The zero-order valence-corrected chi connectivity index (χ0v) is 73.8. The number of benzene rings is 21. The van der Waals surface area contributed by atoms with Gasteiger partial charge in [0, 0.05) is 92.8 Å². The van der Waals surface area contributed by atoms with Crippen molar-refractivity contribution in [2.75, 3.05) is 14.7 Å². The number of anilines is 9. The van der Waals surface area contributed by atoms with Gasteiger partial charge in [-0.3, -0.25) is 0 Å². The van der Waals surface area contributed by atoms with Crippen LogP contribution in [-0.4, -0.2) is 13.2 Å². The summed E-state index contributed by atoms with van der Waals surface area (Å²) in [5.41, 5.74) is 38.6. The van der Waals surface area contributed by atoms with Crippen molar-refractivity contribution in [3.63, 3.8) is 0 Å². The van der Waals surface area contributed by atoms with Crippen molar-refractivity contribution < 1.29 is 4.74 Å². The first-order valence-corrected chi connectivity index (χ1v) is 47.2. The first kappa shape index (κ1) is 74.9. The summed E-state index contributed by atoms with van der Waals surface area (Å²) < 4.78 is 13.9. The van der Waals surface area contributed by atoms with E-state index < -0.39 is 16.2 Å². The minimum absolute atomic E-state index is 0.392. The molecule has 0 amide bonds. The van der Waals surface area contributed by atoms with Crippen LogP contribution in [-0.2, 0) is 16.2 Å². The summed E-state index contributed by atoms with van der Waals surface area (Å²) in [6.07, 6.45) is 0. The van der Waals surface area contributed by atoms with Crippen LogP contribution >= 0.6 is 0 Å². The van der Waals surface area contributed by atoms with E-state index in [1.165, 1.54) is 232 Å². The first-order valence-electron chi connectivity index (χ1n) is 47.2. The van der Waals surface area contributed by atoms with Crippen LogP contribution in [0.15, 0.2) is 485 Å². The third-order valence-electron chi connectivity index (χ3n) is 30.9. The summed E-state index contributed by atoms with van der Waals surface area (Å²) in [6, 6.07) is 179. The van der Waals surface area contributed by atoms with E-state index >= 15 is 0 Å². The second kappa shape index (κ2) is 28.1. The standard InChI is InChI=1S/C43H26N2O.C43H26N2.C43H28N2/c1-6-19-36-28(12-1)29-13-11-14-30-31-26-27(24-25-37(31)45(36)42(29)30)44-38-20-7-2-15-32(38)43(33-16-3-8-21-39(33)44)34-17-4-9-22-40(34)46-41-23-10-5-18-35(41)43;1-4-17-34-28(12-1)29-13-2-5-18-35(29)43(34)36-19-6-9-22-40(36)44(41-23-10-7-20-37(41)43)27-24-25-39-33(26-27)32-16-11-15-31-30-14-3-8-21-38(30)45(39)42(31)32;1-3-14-29(15-4-1)43(30-16-5-2-6-17-30)36-21-8-11-24-40(36)44(41-25-12-9-22-37(41)43)31-26-27-39-35(28-31)34-20-13-19-33-32-18-7-10-23-38(32)45(39)42(33)34/h1-26H;1-26H;1-28H. The molecule has 0 radical (unpaired) electrons. The van der Waals surface area contributed by atoms with Crippen LogP contribution < -0.4 is 19.4 Å². The lowest BCUT2D eigenvalue weighted by Crippen LogP contribution is -2.39. The summed E-state index contributed by atoms with van der Waals surface area (Å²) in [6.45, 7) is 0. The van der Waals surface area contributed by atoms with E-state index in [0.29, 0.717) is 0 Å². The van der Waals surface area contributed by atoms with Gasteiger partial charge in [-0.05, 0) is 188 Å². The predicted molar refractivity (Wildman–Crippen MR) is 562 cm³/mol. The monoisotopic (exact) mass is 1730 g/mol. The lowest BCUT2D eigenvalue weighted by atomic mass is 9.61. The van der Waals surface area contributed by atoms with Gasteiger partial charge in [-0.1, -0.05) is 364 Å². The Bertz CT molecular complexity index is 9120. The summed E-state index contributed by atoms with van der Waals surface area (Å²) in [4.78, 5) is 7.43. The summed E-state index contributed by atoms with van der Waals surface area (Å²) in [5, 5.41) is 15.5. The molecule has 0 saturated heterocycles. The molecule has 0 unspecified atom stereocenters. The number of nitrogens with zero attached hydrogens (tertiary/aromatic N) is 6. The molecule has 136 heavy (non-hydrogen) atoms. The van der Waals surface area contributed by atoms with Crippen molar-refractivity contribution in [2.45, 2.75) is 16.2 Å². The van der Waals surface area contributed by atoms with E-state index in [1.54, 1.807) is 0 Å². The van der Waals surface area contributed by atoms with Crippen LogP contribution in [0.4, 0.5) is 51.2 Å². The molecule has 32 rings (SSSR count). The highest BCUT2D eigenvalue weighted by atomic mass is 16.5. The van der Waals surface area contributed by atoms with Crippen molar-refractivity contribution in [3.8, 4) is 22.6 Å². The van der Waals surface area contributed by atoms with E-state index in [4.69, 9.17) is 4.74 Å². The fourth-order valence-electron chi connectivity index (χ4n) is 25.8. The molecule has 1 aliphatic carbocycles. The molecule has 5 aliphatic rings. The molecule has 0 atom stereocenters. The fraction of sp³-hybridized carbons (Fsp3) is 0.0233. The molecule has 0 fully saturated rings. The van der Waals surface area contributed by atoms with E-state index in [9.17, 15) is 0 Å². The van der Waals surface area contributed by atoms with Gasteiger partial charge in [0.15, 0.2) is 0 Å². The molecule has 6 aromatic heterocycles. The van der Waals surface area contributed by atoms with Crippen LogP contribution in [0, 0.1) is 0 Å². The number of fused-ring (bicyclic) bond motifs is 37. The van der Waals surface area contributed by atoms with Crippen LogP contribution in [0.2, 0.25) is 0 Å². The maximum Gasteiger partial charge on any atom is 0.132 e. The number of para-hydroxylation sites is 14. The second-order valence-corrected chi connectivity index (χ2v) is 37.0. The van der Waals surface area contributed by atoms with Crippen molar-refractivity contribution in [1.29, 1.82) is 0 Å². The van der Waals surface area contributed by atoms with Crippen molar-refractivity contribution in [3.05, 3.63) is 552 Å². The molecular weight excluding hydrogens is 1650 g/mol. The molecule has 7 heteroatoms. The highest BCUT2D eigenvalue weighted by molar-refractivity contribution is 6.27. The Balaban J connectivity index is 0.0000000969. The van der Waals surface area contributed by atoms with Crippen LogP contribution in [0.5, 0.6) is 11.5 Å². The van der Waals surface area contributed by atoms with Crippen LogP contribution in [0.1, 0.15) is 66.8 Å². The van der Waals surface area contributed by atoms with Gasteiger partial charge in [-0.15, -0.1) is 0 Å². The first-order chi connectivity index (χ1) is 67.5. The maximum atomic E-state index is 6.56. The summed E-state index contributed by atoms with van der Waals surface area (Å²) in [5.74, 6) is 1.80. The number of aromatic nitrogens is 3. The summed E-state index contributed by atoms with van der Waals surface area (Å²) >= 11 is 0. The lowest BCUT2D eigenvalue weighted by molar-refractivity contribution is 0.434. The van der Waals surface area contributed by atoms with Gasteiger partial charge in [-0.25, -0.2) is 0 Å². The van der Waals surface area contributed by atoms with Gasteiger partial charge in [0.2, 0.25) is 0 Å². The molecule has 0 N–H and O–H groups in total. The van der Waals surface area contributed by atoms with E-state index in [2.05, 4.69) is 513 Å². The number of ether oxygens (including phenoxy) is 1. The average molecular weight is 1730 g/mol. The average Bonchev–Trinajstić information content (AvgIpc) is 1.34. The van der Waals surface area contributed by atoms with Crippen molar-refractivity contribution in [1.82, 2.24) is 13.2 Å². The van der Waals surface area contributed by atoms with Gasteiger partial charge in [-0.2, -0.15) is 0 Å². The number of hydrogen-bond donors (Lipinski definition) is 0. The number of rotatable bonds is 5. The Morgan fingerprint density at radius 1 is 0.154 bits per heavy atom. The van der Waals surface area contributed by atoms with E-state index in [1.807, 2.05) is 0 Å². The SMILES string of the molecule is c1ccc(C2(c3ccccc3)c3ccccc3N(c3ccc4c(c3)c3cccc5c6ccccc6n4c53)c3ccccc32)cc1.c1ccc2c(c1)-c1ccccc1C21c2ccccc2N(c2ccc3c(c2)c2cccc4c5ccccc5n3c42)c2ccccc21.c1ccc2c(c1)Oc1ccccc1C21c2ccccc2N(c2ccc3c(c2)c2cccc4c5ccccc5n3c42)c2ccccc21. The van der Waals surface area contributed by atoms with Crippen molar-refractivity contribution >= 4 is 165 Å². The zero-order chi connectivity index (χ0) is 88.8. The summed E-state index contributed by atoms with van der Waals surface area (Å²) in [7, 11) is 0. The Hall–Kier alpha value is -17.8. The Morgan fingerprint density at radius 2 is 0.382 bits per heavy atom. The number of hydrogen-bond acceptors (Lipinski definition) is 4. The molecular formula is C129H80N6O. The minimum atomic E-state index is -0.533. The van der Waals surface area contributed by atoms with Gasteiger partial charge in [0.1, 0.15) is 11.5 Å². The van der Waals surface area contributed by atoms with Crippen molar-refractivity contribution in [2.24, 2.45) is 0 Å². The molecule has 7 nitrogen and oxygen atoms in total. The van der Waals surface area contributed by atoms with Gasteiger partial charge >= 0.3 is 0 Å². The van der Waals surface area contributed by atoms with Gasteiger partial charge < -0.3 is 32.6 Å². The van der Waals surface area contributed by atoms with Gasteiger partial charge in [0.05, 0.1) is 100 Å². The molecule has 27 aromatic rings. The van der Waals surface area contributed by atoms with Crippen LogP contribution in [0.3, 0.4) is 0 Å². The smallest absolute Gasteiger partial charge is 0.132 e. The topological polar surface area (TPSA) is 32.2 Å². The molecule has 0 saturated carbocycles. The van der Waals surface area contributed by atoms with Crippen LogP contribution in [0.25, 0.3) is 125 Å². The normalized spacial score (nSPS) is 14.2. The maximum absolute atomic E-state index is 6.56. The van der Waals surface area contributed by atoms with E-state index in [0.717, 1.165) is 22.9 Å². The molecule has 0 bridgehead atoms. The highest BCUT2D eigenvalue weighted by Gasteiger charge is 2.54. The molecule has 2 spiro atoms. The Kier molecular flexibility index (Phi) is 15.5. The molecule has 4 aliphatic heterocycles. The minimum Gasteiger partial charge on any atom is -0.457 e. The largest absolute Gasteiger partial charge is 0.457 e. The van der Waals surface area contributed by atoms with E-state index in [-0.39, 0.29) is 0 Å². The predicted octanol–water partition coefficient (Wildman–Crippen LogP) is 33.1. The third kappa shape index (κ3) is 9.73. The highest BCUT2D eigenvalue weighted by Crippen LogP contribution is 2.67. The van der Waals surface area contributed by atoms with Gasteiger partial charge in [0.25, 0.3) is 0 Å². The second-order valence-electron chi connectivity index (χ2n) is 37.0.